The van der Waals surface area contributed by atoms with E-state index in [0.29, 0.717) is 30.3 Å². The van der Waals surface area contributed by atoms with Gasteiger partial charge in [-0.1, -0.05) is 29.5 Å². The molecule has 0 saturated heterocycles. The molecular weight excluding hydrogens is 360 g/mol. The van der Waals surface area contributed by atoms with E-state index in [2.05, 4.69) is 15.6 Å². The Morgan fingerprint density at radius 3 is 2.64 bits per heavy atom. The van der Waals surface area contributed by atoms with Gasteiger partial charge in [-0.2, -0.15) is 4.31 Å². The molecule has 3 rings (SSSR count). The Morgan fingerprint density at radius 2 is 1.96 bits per heavy atom. The molecule has 0 bridgehead atoms. The topological polar surface area (TPSA) is 91.4 Å². The fraction of sp³-hybridized carbons (Fsp3) is 0.375. The standard InChI is InChI=1S/C16H20N4O3S2/c1-11(2)25(22,23)20-9-8-13-14(10-20)24-16(18-13)19-15(21)17-12-6-4-3-5-7-12/h3-7,11H,8-10H2,1-2H3,(H2,17,18,19,21). The van der Waals surface area contributed by atoms with Gasteiger partial charge in [-0.25, -0.2) is 18.2 Å². The highest BCUT2D eigenvalue weighted by Crippen LogP contribution is 2.30. The van der Waals surface area contributed by atoms with E-state index in [-0.39, 0.29) is 6.03 Å². The minimum Gasteiger partial charge on any atom is -0.308 e. The van der Waals surface area contributed by atoms with Crippen LogP contribution in [0.1, 0.15) is 24.4 Å². The minimum atomic E-state index is -3.28. The number of carbonyl (C=O) groups is 1. The van der Waals surface area contributed by atoms with Gasteiger partial charge in [0.2, 0.25) is 10.0 Å². The van der Waals surface area contributed by atoms with Crippen molar-refractivity contribution in [2.45, 2.75) is 32.1 Å². The zero-order chi connectivity index (χ0) is 18.0. The highest BCUT2D eigenvalue weighted by Gasteiger charge is 2.31. The van der Waals surface area contributed by atoms with Gasteiger partial charge in [0.25, 0.3) is 0 Å². The van der Waals surface area contributed by atoms with Gasteiger partial charge in [-0.05, 0) is 26.0 Å². The number of nitrogens with zero attached hydrogens (tertiary/aromatic N) is 2. The first-order chi connectivity index (χ1) is 11.9. The number of urea groups is 1. The molecule has 1 aromatic heterocycles. The molecule has 7 nitrogen and oxygen atoms in total. The van der Waals surface area contributed by atoms with Crippen LogP contribution < -0.4 is 10.6 Å². The molecule has 134 valence electrons. The van der Waals surface area contributed by atoms with E-state index >= 15 is 0 Å². The van der Waals surface area contributed by atoms with E-state index in [1.54, 1.807) is 26.0 Å². The molecule has 0 spiro atoms. The van der Waals surface area contributed by atoms with Gasteiger partial charge < -0.3 is 5.32 Å². The van der Waals surface area contributed by atoms with Crippen LogP contribution in [0.15, 0.2) is 30.3 Å². The van der Waals surface area contributed by atoms with Gasteiger partial charge in [-0.15, -0.1) is 0 Å². The van der Waals surface area contributed by atoms with E-state index in [4.69, 9.17) is 0 Å². The summed E-state index contributed by atoms with van der Waals surface area (Å²) < 4.78 is 26.1. The number of hydrogen-bond donors (Lipinski definition) is 2. The number of hydrogen-bond acceptors (Lipinski definition) is 5. The second kappa shape index (κ2) is 7.11. The Morgan fingerprint density at radius 1 is 1.24 bits per heavy atom. The third-order valence-corrected chi connectivity index (χ3v) is 7.12. The first-order valence-electron chi connectivity index (χ1n) is 7.97. The first-order valence-corrected chi connectivity index (χ1v) is 10.3. The van der Waals surface area contributed by atoms with Crippen molar-refractivity contribution < 1.29 is 13.2 Å². The van der Waals surface area contributed by atoms with Crippen molar-refractivity contribution in [3.8, 4) is 0 Å². The summed E-state index contributed by atoms with van der Waals surface area (Å²) in [5.74, 6) is 0. The lowest BCUT2D eigenvalue weighted by atomic mass is 10.2. The maximum Gasteiger partial charge on any atom is 0.325 e. The molecule has 2 N–H and O–H groups in total. The number of anilines is 2. The summed E-state index contributed by atoms with van der Waals surface area (Å²) in [5.41, 5.74) is 1.55. The monoisotopic (exact) mass is 380 g/mol. The van der Waals surface area contributed by atoms with Crippen LogP contribution in [-0.2, 0) is 23.0 Å². The highest BCUT2D eigenvalue weighted by atomic mass is 32.2. The fourth-order valence-corrected chi connectivity index (χ4v) is 4.87. The van der Waals surface area contributed by atoms with E-state index in [9.17, 15) is 13.2 Å². The van der Waals surface area contributed by atoms with Gasteiger partial charge >= 0.3 is 6.03 Å². The number of para-hydroxylation sites is 1. The Bertz CT molecular complexity index is 863. The molecule has 1 aliphatic rings. The zero-order valence-electron chi connectivity index (χ0n) is 14.0. The number of carbonyl (C=O) groups excluding carboxylic acids is 1. The second-order valence-corrected chi connectivity index (χ2v) is 9.58. The van der Waals surface area contributed by atoms with Crippen molar-refractivity contribution >= 4 is 38.2 Å². The third-order valence-electron chi connectivity index (χ3n) is 3.90. The summed E-state index contributed by atoms with van der Waals surface area (Å²) in [4.78, 5) is 17.3. The molecule has 1 aromatic carbocycles. The molecule has 0 aliphatic carbocycles. The van der Waals surface area contributed by atoms with E-state index in [0.717, 1.165) is 10.6 Å². The number of benzene rings is 1. The van der Waals surface area contributed by atoms with E-state index < -0.39 is 15.3 Å². The lowest BCUT2D eigenvalue weighted by Crippen LogP contribution is -2.39. The normalized spacial score (nSPS) is 15.0. The smallest absolute Gasteiger partial charge is 0.308 e. The maximum absolute atomic E-state index is 12.3. The molecule has 2 aromatic rings. The van der Waals surface area contributed by atoms with Crippen LogP contribution in [0.5, 0.6) is 0 Å². The van der Waals surface area contributed by atoms with Crippen LogP contribution in [0.3, 0.4) is 0 Å². The number of fused-ring (bicyclic) bond motifs is 1. The summed E-state index contributed by atoms with van der Waals surface area (Å²) in [5, 5.41) is 5.47. The molecule has 1 aliphatic heterocycles. The number of sulfonamides is 1. The zero-order valence-corrected chi connectivity index (χ0v) is 15.7. The van der Waals surface area contributed by atoms with Crippen LogP contribution in [0.4, 0.5) is 15.6 Å². The number of nitrogens with one attached hydrogen (secondary N) is 2. The maximum atomic E-state index is 12.3. The van der Waals surface area contributed by atoms with Gasteiger partial charge in [0, 0.05) is 30.1 Å². The molecule has 0 atom stereocenters. The van der Waals surface area contributed by atoms with Crippen LogP contribution in [0, 0.1) is 0 Å². The quantitative estimate of drug-likeness (QED) is 0.853. The molecule has 9 heteroatoms. The molecule has 0 saturated carbocycles. The highest BCUT2D eigenvalue weighted by molar-refractivity contribution is 7.89. The van der Waals surface area contributed by atoms with Gasteiger partial charge in [0.05, 0.1) is 10.9 Å². The van der Waals surface area contributed by atoms with Crippen molar-refractivity contribution in [3.05, 3.63) is 40.9 Å². The Labute approximate surface area is 151 Å². The number of aromatic nitrogens is 1. The lowest BCUT2D eigenvalue weighted by molar-refractivity contribution is 0.262. The fourth-order valence-electron chi connectivity index (χ4n) is 2.52. The predicted molar refractivity (Wildman–Crippen MR) is 99.4 cm³/mol. The van der Waals surface area contributed by atoms with E-state index in [1.165, 1.54) is 15.6 Å². The van der Waals surface area contributed by atoms with Gasteiger partial charge in [0.1, 0.15) is 0 Å². The van der Waals surface area contributed by atoms with Gasteiger partial charge in [0.15, 0.2) is 5.13 Å². The average Bonchev–Trinajstić information content (AvgIpc) is 2.96. The first kappa shape index (κ1) is 17.8. The van der Waals surface area contributed by atoms with Crippen molar-refractivity contribution in [1.82, 2.24) is 9.29 Å². The Hall–Kier alpha value is -1.97. The molecular formula is C16H20N4O3S2. The van der Waals surface area contributed by atoms with Crippen molar-refractivity contribution in [2.24, 2.45) is 0 Å². The second-order valence-electron chi connectivity index (χ2n) is 6.01. The Balaban J connectivity index is 1.67. The van der Waals surface area contributed by atoms with Gasteiger partial charge in [-0.3, -0.25) is 5.32 Å². The SMILES string of the molecule is CC(C)S(=O)(=O)N1CCc2nc(NC(=O)Nc3ccccc3)sc2C1. The molecule has 0 unspecified atom stereocenters. The van der Waals surface area contributed by atoms with Crippen LogP contribution in [0.2, 0.25) is 0 Å². The predicted octanol–water partition coefficient (Wildman–Crippen LogP) is 2.88. The summed E-state index contributed by atoms with van der Waals surface area (Å²) in [6.07, 6.45) is 0.555. The average molecular weight is 380 g/mol. The third kappa shape index (κ3) is 4.00. The minimum absolute atomic E-state index is 0.315. The molecule has 2 amide bonds. The van der Waals surface area contributed by atoms with E-state index in [1.807, 2.05) is 18.2 Å². The van der Waals surface area contributed by atoms with Crippen LogP contribution in [-0.4, -0.2) is 35.5 Å². The number of rotatable bonds is 4. The van der Waals surface area contributed by atoms with Crippen molar-refractivity contribution in [1.29, 1.82) is 0 Å². The van der Waals surface area contributed by atoms with Crippen molar-refractivity contribution in [3.63, 3.8) is 0 Å². The molecule has 0 fully saturated rings. The van der Waals surface area contributed by atoms with Crippen LogP contribution in [0.25, 0.3) is 0 Å². The molecule has 25 heavy (non-hydrogen) atoms. The van der Waals surface area contributed by atoms with Crippen molar-refractivity contribution in [2.75, 3.05) is 17.2 Å². The van der Waals surface area contributed by atoms with Crippen LogP contribution >= 0.6 is 11.3 Å². The summed E-state index contributed by atoms with van der Waals surface area (Å²) in [7, 11) is -3.28. The summed E-state index contributed by atoms with van der Waals surface area (Å²) in [6.45, 7) is 4.10. The summed E-state index contributed by atoms with van der Waals surface area (Å²) >= 11 is 1.32. The molecule has 0 radical (unpaired) electrons. The number of amides is 2. The largest absolute Gasteiger partial charge is 0.325 e. The number of thiazole rings is 1. The summed E-state index contributed by atoms with van der Waals surface area (Å²) in [6, 6.07) is 8.75. The molecule has 2 heterocycles. The lowest BCUT2D eigenvalue weighted by Gasteiger charge is -2.26. The Kier molecular flexibility index (Phi) is 5.07.